The molecule has 32 heavy (non-hydrogen) atoms. The summed E-state index contributed by atoms with van der Waals surface area (Å²) in [6.45, 7) is 0. The average molecular weight is 446 g/mol. The van der Waals surface area contributed by atoms with Crippen LogP contribution in [-0.4, -0.2) is 38.1 Å². The second-order valence-corrected chi connectivity index (χ2v) is 9.50. The highest BCUT2D eigenvalue weighted by atomic mass is 32.2. The van der Waals surface area contributed by atoms with E-state index in [1.165, 1.54) is 6.20 Å². The molecule has 9 heteroatoms. The number of Topliss-reactive ketones (excluding diaryl/α,β-unsaturated/α-hetero) is 1. The lowest BCUT2D eigenvalue weighted by Gasteiger charge is -2.07. The molecule has 0 saturated carbocycles. The van der Waals surface area contributed by atoms with Crippen LogP contribution in [0.5, 0.6) is 0 Å². The first kappa shape index (κ1) is 20.1. The van der Waals surface area contributed by atoms with E-state index in [-0.39, 0.29) is 15.6 Å². The summed E-state index contributed by atoms with van der Waals surface area (Å²) in [5.74, 6) is 0.509. The third kappa shape index (κ3) is 3.56. The number of hydrogen-bond acceptors (Lipinski definition) is 6. The van der Waals surface area contributed by atoms with Crippen LogP contribution >= 0.6 is 0 Å². The number of imidazole rings is 2. The van der Waals surface area contributed by atoms with Gasteiger partial charge >= 0.3 is 0 Å². The Morgan fingerprint density at radius 1 is 1.00 bits per heavy atom. The Morgan fingerprint density at radius 3 is 2.59 bits per heavy atom. The molecule has 3 heterocycles. The molecule has 0 N–H and O–H groups in total. The van der Waals surface area contributed by atoms with Crippen LogP contribution < -0.4 is 0 Å². The van der Waals surface area contributed by atoms with E-state index in [4.69, 9.17) is 0 Å². The van der Waals surface area contributed by atoms with Crippen molar-refractivity contribution in [2.24, 2.45) is 7.05 Å². The molecule has 0 radical (unpaired) electrons. The van der Waals surface area contributed by atoms with Gasteiger partial charge in [0.05, 0.1) is 32.7 Å². The third-order valence-electron chi connectivity index (χ3n) is 5.45. The van der Waals surface area contributed by atoms with Gasteiger partial charge in [-0.05, 0) is 42.3 Å². The average Bonchev–Trinajstić information content (AvgIpc) is 3.43. The molecule has 0 bridgehead atoms. The largest absolute Gasteiger partial charge is 0.334 e. The van der Waals surface area contributed by atoms with Crippen molar-refractivity contribution in [2.45, 2.75) is 22.6 Å². The van der Waals surface area contributed by atoms with Gasteiger partial charge in [0.25, 0.3) is 0 Å². The molecular formula is C23H19N5O3S. The van der Waals surface area contributed by atoms with E-state index < -0.39 is 9.84 Å². The minimum atomic E-state index is -3.66. The molecule has 0 atom stereocenters. The third-order valence-corrected chi connectivity index (χ3v) is 7.22. The van der Waals surface area contributed by atoms with Crippen LogP contribution in [0.3, 0.4) is 0 Å². The van der Waals surface area contributed by atoms with Crippen LogP contribution in [0.4, 0.5) is 0 Å². The van der Waals surface area contributed by atoms with E-state index in [1.807, 2.05) is 7.05 Å². The van der Waals surface area contributed by atoms with Crippen LogP contribution in [-0.2, 0) is 23.3 Å². The molecule has 0 unspecified atom stereocenters. The fourth-order valence-electron chi connectivity index (χ4n) is 3.61. The summed E-state index contributed by atoms with van der Waals surface area (Å²) in [7, 11) is -1.83. The standard InChI is InChI=1S/C23H19N5O3S/c1-27-15-26-20-8-7-19(12-21(20)27)32(30,31)18-5-2-16(3-6-18)4-9-22(29)17-13-25-23-24-10-11-28(23)14-17/h2-3,5-8,10-15H,4,9H2,1H3. The van der Waals surface area contributed by atoms with Gasteiger partial charge < -0.3 is 4.57 Å². The molecule has 0 aliphatic rings. The van der Waals surface area contributed by atoms with Gasteiger partial charge in [-0.1, -0.05) is 12.1 Å². The van der Waals surface area contributed by atoms with Crippen molar-refractivity contribution in [3.05, 3.63) is 84.7 Å². The fourth-order valence-corrected chi connectivity index (χ4v) is 4.89. The van der Waals surface area contributed by atoms with Gasteiger partial charge in [0, 0.05) is 38.3 Å². The maximum absolute atomic E-state index is 13.1. The molecule has 3 aromatic heterocycles. The van der Waals surface area contributed by atoms with Crippen molar-refractivity contribution in [3.8, 4) is 0 Å². The summed E-state index contributed by atoms with van der Waals surface area (Å²) in [6.07, 6.45) is 9.06. The molecular weight excluding hydrogens is 426 g/mol. The molecule has 8 nitrogen and oxygen atoms in total. The first-order valence-electron chi connectivity index (χ1n) is 9.99. The molecule has 0 amide bonds. The van der Waals surface area contributed by atoms with Crippen molar-refractivity contribution < 1.29 is 13.2 Å². The Balaban J connectivity index is 1.31. The number of sulfone groups is 1. The predicted octanol–water partition coefficient (Wildman–Crippen LogP) is 3.26. The van der Waals surface area contributed by atoms with Crippen LogP contribution in [0.25, 0.3) is 16.8 Å². The predicted molar refractivity (Wildman–Crippen MR) is 118 cm³/mol. The van der Waals surface area contributed by atoms with Crippen molar-refractivity contribution in [3.63, 3.8) is 0 Å². The van der Waals surface area contributed by atoms with E-state index >= 15 is 0 Å². The minimum Gasteiger partial charge on any atom is -0.334 e. The van der Waals surface area contributed by atoms with Gasteiger partial charge in [-0.3, -0.25) is 9.20 Å². The van der Waals surface area contributed by atoms with Gasteiger partial charge in [0.1, 0.15) is 0 Å². The van der Waals surface area contributed by atoms with Crippen LogP contribution in [0.2, 0.25) is 0 Å². The van der Waals surface area contributed by atoms with E-state index in [2.05, 4.69) is 15.0 Å². The second-order valence-electron chi connectivity index (χ2n) is 7.55. The molecule has 5 aromatic rings. The maximum Gasteiger partial charge on any atom is 0.233 e. The van der Waals surface area contributed by atoms with Gasteiger partial charge in [-0.15, -0.1) is 0 Å². The van der Waals surface area contributed by atoms with Gasteiger partial charge in [0.15, 0.2) is 5.78 Å². The first-order chi connectivity index (χ1) is 15.4. The number of aromatic nitrogens is 5. The Bertz CT molecular complexity index is 1570. The zero-order valence-electron chi connectivity index (χ0n) is 17.2. The highest BCUT2D eigenvalue weighted by molar-refractivity contribution is 7.91. The molecule has 0 saturated heterocycles. The lowest BCUT2D eigenvalue weighted by molar-refractivity contribution is 0.0982. The summed E-state index contributed by atoms with van der Waals surface area (Å²) in [4.78, 5) is 25.4. The number of ketones is 1. The lowest BCUT2D eigenvalue weighted by Crippen LogP contribution is -2.05. The number of benzene rings is 2. The number of rotatable bonds is 6. The molecule has 5 rings (SSSR count). The molecule has 0 fully saturated rings. The van der Waals surface area contributed by atoms with Gasteiger partial charge in [-0.25, -0.2) is 23.4 Å². The lowest BCUT2D eigenvalue weighted by atomic mass is 10.0. The summed E-state index contributed by atoms with van der Waals surface area (Å²) in [5.41, 5.74) is 2.90. The van der Waals surface area contributed by atoms with Gasteiger partial charge in [0.2, 0.25) is 15.6 Å². The smallest absolute Gasteiger partial charge is 0.233 e. The monoisotopic (exact) mass is 445 g/mol. The number of nitrogens with zero attached hydrogens (tertiary/aromatic N) is 5. The minimum absolute atomic E-state index is 0.0331. The normalized spacial score (nSPS) is 11.9. The zero-order valence-corrected chi connectivity index (χ0v) is 18.0. The highest BCUT2D eigenvalue weighted by Crippen LogP contribution is 2.25. The summed E-state index contributed by atoms with van der Waals surface area (Å²) in [5, 5.41) is 0. The molecule has 0 aliphatic heterocycles. The Morgan fingerprint density at radius 2 is 1.78 bits per heavy atom. The molecule has 0 spiro atoms. The fraction of sp³-hybridized carbons (Fsp3) is 0.130. The Kier molecular flexibility index (Phi) is 4.82. The van der Waals surface area contributed by atoms with E-state index in [0.717, 1.165) is 16.6 Å². The first-order valence-corrected chi connectivity index (χ1v) is 11.5. The van der Waals surface area contributed by atoms with Crippen LogP contribution in [0.1, 0.15) is 22.3 Å². The summed E-state index contributed by atoms with van der Waals surface area (Å²) in [6, 6.07) is 11.6. The van der Waals surface area contributed by atoms with E-state index in [1.54, 1.807) is 76.4 Å². The van der Waals surface area contributed by atoms with Crippen molar-refractivity contribution in [2.75, 3.05) is 0 Å². The number of hydrogen-bond donors (Lipinski definition) is 0. The van der Waals surface area contributed by atoms with Gasteiger partial charge in [-0.2, -0.15) is 0 Å². The Hall–Kier alpha value is -3.85. The summed E-state index contributed by atoms with van der Waals surface area (Å²) < 4.78 is 29.6. The van der Waals surface area contributed by atoms with E-state index in [9.17, 15) is 13.2 Å². The molecule has 160 valence electrons. The second kappa shape index (κ2) is 7.69. The van der Waals surface area contributed by atoms with E-state index in [0.29, 0.717) is 24.2 Å². The quantitative estimate of drug-likeness (QED) is 0.372. The number of aryl methyl sites for hydroxylation is 2. The van der Waals surface area contributed by atoms with Crippen LogP contribution in [0, 0.1) is 0 Å². The van der Waals surface area contributed by atoms with Crippen molar-refractivity contribution in [1.82, 2.24) is 23.9 Å². The number of carbonyl (C=O) groups is 1. The Labute approximate surface area is 184 Å². The zero-order chi connectivity index (χ0) is 22.3. The molecule has 0 aliphatic carbocycles. The highest BCUT2D eigenvalue weighted by Gasteiger charge is 2.19. The SMILES string of the molecule is Cn1cnc2ccc(S(=O)(=O)c3ccc(CCC(=O)c4cnc5nccn5c4)cc3)cc21. The van der Waals surface area contributed by atoms with Crippen LogP contribution in [0.15, 0.2) is 83.4 Å². The maximum atomic E-state index is 13.1. The topological polar surface area (TPSA) is 99.2 Å². The van der Waals surface area contributed by atoms with Crippen molar-refractivity contribution in [1.29, 1.82) is 0 Å². The number of fused-ring (bicyclic) bond motifs is 2. The summed E-state index contributed by atoms with van der Waals surface area (Å²) >= 11 is 0. The van der Waals surface area contributed by atoms with Crippen molar-refractivity contribution >= 4 is 32.4 Å². The number of carbonyl (C=O) groups excluding carboxylic acids is 1. The molecule has 2 aromatic carbocycles.